The number of hydrogen-bond donors (Lipinski definition) is 2. The summed E-state index contributed by atoms with van der Waals surface area (Å²) in [5.41, 5.74) is 20.5. The predicted octanol–water partition coefficient (Wildman–Crippen LogP) is 7.09. The lowest BCUT2D eigenvalue weighted by Crippen LogP contribution is -2.22. The number of nitrogen functional groups attached to an aromatic ring is 1. The minimum atomic E-state index is 0.678. The Morgan fingerprint density at radius 3 is 2.11 bits per heavy atom. The third-order valence-corrected chi connectivity index (χ3v) is 6.50. The van der Waals surface area contributed by atoms with E-state index in [4.69, 9.17) is 21.5 Å². The van der Waals surface area contributed by atoms with Crippen molar-refractivity contribution in [2.75, 3.05) is 5.73 Å². The number of benzene rings is 5. The van der Waals surface area contributed by atoms with E-state index in [1.807, 2.05) is 79.7 Å². The van der Waals surface area contributed by atoms with Crippen LogP contribution in [0.25, 0.3) is 27.2 Å². The van der Waals surface area contributed by atoms with Crippen LogP contribution in [0.4, 0.5) is 17.1 Å². The average Bonchev–Trinajstić information content (AvgIpc) is 2.88. The van der Waals surface area contributed by atoms with Gasteiger partial charge in [0.25, 0.3) is 0 Å². The topological polar surface area (TPSA) is 76.8 Å². The third kappa shape index (κ3) is 3.56. The van der Waals surface area contributed by atoms with Gasteiger partial charge in [-0.15, -0.1) is 0 Å². The van der Waals surface area contributed by atoms with Gasteiger partial charge in [0, 0.05) is 38.7 Å². The zero-order valence-corrected chi connectivity index (χ0v) is 19.4. The second kappa shape index (κ2) is 8.26. The van der Waals surface area contributed by atoms with Crippen molar-refractivity contribution < 1.29 is 0 Å². The number of allylic oxidation sites excluding steroid dienone is 1. The van der Waals surface area contributed by atoms with Crippen LogP contribution < -0.4 is 11.5 Å². The molecule has 1 aliphatic rings. The van der Waals surface area contributed by atoms with E-state index in [1.165, 1.54) is 0 Å². The van der Waals surface area contributed by atoms with Crippen LogP contribution in [0.2, 0.25) is 0 Å². The summed E-state index contributed by atoms with van der Waals surface area (Å²) < 4.78 is 0. The summed E-state index contributed by atoms with van der Waals surface area (Å²) in [5, 5.41) is 4.23. The van der Waals surface area contributed by atoms with E-state index < -0.39 is 0 Å². The highest BCUT2D eigenvalue weighted by Gasteiger charge is 2.22. The first kappa shape index (κ1) is 20.9. The van der Waals surface area contributed by atoms with Crippen molar-refractivity contribution >= 4 is 55.7 Å². The van der Waals surface area contributed by atoms with Crippen molar-refractivity contribution in [1.29, 1.82) is 0 Å². The highest BCUT2D eigenvalue weighted by atomic mass is 14.8. The number of rotatable bonds is 2. The number of nitrogens with zero attached hydrogens (tertiary/aromatic N) is 2. The predicted molar refractivity (Wildman–Crippen MR) is 149 cm³/mol. The summed E-state index contributed by atoms with van der Waals surface area (Å²) >= 11 is 0. The minimum Gasteiger partial charge on any atom is -0.398 e. The number of anilines is 1. The summed E-state index contributed by atoms with van der Waals surface area (Å²) in [6, 6.07) is 32.6. The van der Waals surface area contributed by atoms with Gasteiger partial charge in [-0.2, -0.15) is 0 Å². The molecule has 35 heavy (non-hydrogen) atoms. The maximum absolute atomic E-state index is 6.51. The lowest BCUT2D eigenvalue weighted by Gasteiger charge is -2.20. The molecule has 0 radical (unpaired) electrons. The summed E-state index contributed by atoms with van der Waals surface area (Å²) in [6.07, 6.45) is 1.93. The van der Waals surface area contributed by atoms with Crippen LogP contribution in [0.1, 0.15) is 16.7 Å². The number of hydrogen-bond acceptors (Lipinski definition) is 4. The molecule has 5 aromatic rings. The van der Waals surface area contributed by atoms with E-state index in [1.54, 1.807) is 0 Å². The number of nitrogens with two attached hydrogens (primary N) is 2. The zero-order valence-electron chi connectivity index (χ0n) is 19.4. The van der Waals surface area contributed by atoms with E-state index >= 15 is 0 Å². The van der Waals surface area contributed by atoms with Crippen molar-refractivity contribution in [3.8, 4) is 0 Å². The molecule has 4 heteroatoms. The van der Waals surface area contributed by atoms with Crippen LogP contribution >= 0.6 is 0 Å². The van der Waals surface area contributed by atoms with Gasteiger partial charge in [0.15, 0.2) is 0 Å². The van der Waals surface area contributed by atoms with Gasteiger partial charge in [-0.3, -0.25) is 0 Å². The van der Waals surface area contributed by atoms with Gasteiger partial charge < -0.3 is 11.5 Å². The molecule has 0 bridgehead atoms. The molecule has 0 saturated carbocycles. The van der Waals surface area contributed by atoms with E-state index in [-0.39, 0.29) is 0 Å². The molecule has 0 amide bonds. The largest absolute Gasteiger partial charge is 0.398 e. The van der Waals surface area contributed by atoms with Crippen LogP contribution in [0, 0.1) is 6.92 Å². The molecule has 4 N–H and O–H groups in total. The molecule has 0 saturated heterocycles. The molecular formula is C31H24N4. The SMILES string of the molecule is Cc1cc(N)c2ccccc2c1N=C1C(=Nc2cccc3ccccc23)C=C(N)c2ccccc21. The normalized spacial score (nSPS) is 15.5. The van der Waals surface area contributed by atoms with Gasteiger partial charge in [0.05, 0.1) is 22.8 Å². The highest BCUT2D eigenvalue weighted by Crippen LogP contribution is 2.36. The number of aryl methyl sites for hydroxylation is 1. The standard InChI is InChI=1S/C31H24N4/c1-19-17-26(32)22-12-4-6-14-24(22)30(19)35-31-25-15-7-5-13-23(25)27(33)18-29(31)34-28-16-8-10-20-9-2-3-11-21(20)28/h2-18H,32-33H2,1H3. The summed E-state index contributed by atoms with van der Waals surface area (Å²) in [5.74, 6) is 0. The summed E-state index contributed by atoms with van der Waals surface area (Å²) in [6.45, 7) is 2.04. The van der Waals surface area contributed by atoms with Crippen LogP contribution in [0.15, 0.2) is 113 Å². The van der Waals surface area contributed by atoms with Gasteiger partial charge in [-0.25, -0.2) is 9.98 Å². The molecule has 0 spiro atoms. The molecule has 0 unspecified atom stereocenters. The fourth-order valence-electron chi connectivity index (χ4n) is 4.80. The van der Waals surface area contributed by atoms with Crippen molar-refractivity contribution in [3.05, 3.63) is 120 Å². The second-order valence-electron chi connectivity index (χ2n) is 8.78. The molecule has 4 nitrogen and oxygen atoms in total. The maximum atomic E-state index is 6.51. The Kier molecular flexibility index (Phi) is 4.93. The summed E-state index contributed by atoms with van der Waals surface area (Å²) in [7, 11) is 0. The number of aliphatic imine (C=N–C) groups is 2. The maximum Gasteiger partial charge on any atom is 0.0973 e. The first-order chi connectivity index (χ1) is 17.1. The highest BCUT2D eigenvalue weighted by molar-refractivity contribution is 6.55. The fraction of sp³-hybridized carbons (Fsp3) is 0.0323. The van der Waals surface area contributed by atoms with Gasteiger partial charge in [0.2, 0.25) is 0 Å². The van der Waals surface area contributed by atoms with E-state index in [0.717, 1.165) is 66.7 Å². The van der Waals surface area contributed by atoms with E-state index in [0.29, 0.717) is 5.70 Å². The molecule has 168 valence electrons. The first-order valence-electron chi connectivity index (χ1n) is 11.6. The lowest BCUT2D eigenvalue weighted by molar-refractivity contribution is 1.41. The van der Waals surface area contributed by atoms with Gasteiger partial charge in [-0.05, 0) is 36.1 Å². The molecule has 0 aliphatic heterocycles. The van der Waals surface area contributed by atoms with E-state index in [2.05, 4.69) is 30.3 Å². The molecule has 0 atom stereocenters. The number of fused-ring (bicyclic) bond motifs is 3. The van der Waals surface area contributed by atoms with Crippen LogP contribution in [-0.2, 0) is 0 Å². The van der Waals surface area contributed by atoms with Gasteiger partial charge >= 0.3 is 0 Å². The molecule has 0 fully saturated rings. The zero-order chi connectivity index (χ0) is 23.9. The lowest BCUT2D eigenvalue weighted by atomic mass is 9.91. The second-order valence-corrected chi connectivity index (χ2v) is 8.78. The summed E-state index contributed by atoms with van der Waals surface area (Å²) in [4.78, 5) is 10.4. The fourth-order valence-corrected chi connectivity index (χ4v) is 4.80. The molecular weight excluding hydrogens is 428 g/mol. The molecule has 0 heterocycles. The van der Waals surface area contributed by atoms with Crippen molar-refractivity contribution in [2.24, 2.45) is 15.7 Å². The Hall–Kier alpha value is -4.70. The van der Waals surface area contributed by atoms with Crippen LogP contribution in [0.5, 0.6) is 0 Å². The van der Waals surface area contributed by atoms with Gasteiger partial charge in [-0.1, -0.05) is 84.9 Å². The average molecular weight is 453 g/mol. The smallest absolute Gasteiger partial charge is 0.0973 e. The Labute approximate surface area is 204 Å². The first-order valence-corrected chi connectivity index (χ1v) is 11.6. The van der Waals surface area contributed by atoms with Gasteiger partial charge in [0.1, 0.15) is 0 Å². The quantitative estimate of drug-likeness (QED) is 0.281. The van der Waals surface area contributed by atoms with Crippen molar-refractivity contribution in [2.45, 2.75) is 6.92 Å². The molecule has 5 aromatic carbocycles. The molecule has 1 aliphatic carbocycles. The van der Waals surface area contributed by atoms with Crippen LogP contribution in [0.3, 0.4) is 0 Å². The Balaban J connectivity index is 1.65. The van der Waals surface area contributed by atoms with Crippen molar-refractivity contribution in [1.82, 2.24) is 0 Å². The molecule has 6 rings (SSSR count). The Morgan fingerprint density at radius 1 is 0.629 bits per heavy atom. The van der Waals surface area contributed by atoms with Crippen molar-refractivity contribution in [3.63, 3.8) is 0 Å². The minimum absolute atomic E-state index is 0.678. The van der Waals surface area contributed by atoms with E-state index in [9.17, 15) is 0 Å². The monoisotopic (exact) mass is 452 g/mol. The Morgan fingerprint density at radius 2 is 1.29 bits per heavy atom. The third-order valence-electron chi connectivity index (χ3n) is 6.50. The Bertz CT molecular complexity index is 1720. The van der Waals surface area contributed by atoms with Crippen LogP contribution in [-0.4, -0.2) is 11.4 Å². The molecule has 0 aromatic heterocycles.